The zero-order valence-electron chi connectivity index (χ0n) is 59.2. The Morgan fingerprint density at radius 1 is 0.280 bits per heavy atom. The van der Waals surface area contributed by atoms with Crippen molar-refractivity contribution in [2.45, 2.75) is 266 Å². The maximum atomic E-state index is 4.25. The van der Waals surface area contributed by atoms with Crippen molar-refractivity contribution in [1.82, 2.24) is 54.6 Å². The molecule has 82 heavy (non-hydrogen) atoms. The summed E-state index contributed by atoms with van der Waals surface area (Å²) < 4.78 is 1.92. The summed E-state index contributed by atoms with van der Waals surface area (Å²) in [6.45, 7) is 69.3. The van der Waals surface area contributed by atoms with Gasteiger partial charge < -0.3 is 0 Å². The summed E-state index contributed by atoms with van der Waals surface area (Å²) >= 11 is 0. The van der Waals surface area contributed by atoms with E-state index in [1.54, 1.807) is 43.5 Å². The van der Waals surface area contributed by atoms with Gasteiger partial charge in [-0.15, -0.1) is 0 Å². The van der Waals surface area contributed by atoms with Crippen LogP contribution in [0.2, 0.25) is 0 Å². The van der Waals surface area contributed by atoms with Gasteiger partial charge in [0, 0.05) is 121 Å². The van der Waals surface area contributed by atoms with Gasteiger partial charge in [-0.3, -0.25) is 29.6 Å². The Balaban J connectivity index is -0.000000199. The minimum absolute atomic E-state index is 0.0707. The summed E-state index contributed by atoms with van der Waals surface area (Å²) in [5.74, 6) is 0.898. The van der Waals surface area contributed by atoms with Gasteiger partial charge in [-0.1, -0.05) is 241 Å². The van der Waals surface area contributed by atoms with Gasteiger partial charge in [-0.25, -0.2) is 19.9 Å². The Hall–Kier alpha value is -6.10. The Bertz CT molecular complexity index is 1990. The van der Waals surface area contributed by atoms with E-state index in [-0.39, 0.29) is 37.9 Å². The van der Waals surface area contributed by atoms with Gasteiger partial charge in [0.2, 0.25) is 0 Å². The highest BCUT2D eigenvalue weighted by molar-refractivity contribution is 5.20. The number of aromatic nitrogens is 11. The molecule has 7 heterocycles. The normalized spacial score (nSPS) is 10.3. The first-order valence-electron chi connectivity index (χ1n) is 30.2. The second-order valence-corrected chi connectivity index (χ2v) is 24.1. The van der Waals surface area contributed by atoms with E-state index in [4.69, 9.17) is 0 Å². The smallest absolute Gasteiger partial charge is 0.133 e. The number of hydrogen-bond acceptors (Lipinski definition) is 10. The minimum atomic E-state index is 0.0707. The lowest BCUT2D eigenvalue weighted by Crippen LogP contribution is -2.16. The Labute approximate surface area is 506 Å². The first kappa shape index (κ1) is 87.1. The molecule has 0 atom stereocenters. The minimum Gasteiger partial charge on any atom is -0.272 e. The maximum absolute atomic E-state index is 4.25. The number of aryl methyl sites for hydroxylation is 1. The number of nitrogens with zero attached hydrogens (tertiary/aromatic N) is 11. The van der Waals surface area contributed by atoms with Gasteiger partial charge in [0.25, 0.3) is 0 Å². The van der Waals surface area contributed by atoms with E-state index in [0.717, 1.165) is 17.2 Å². The van der Waals surface area contributed by atoms with Crippen LogP contribution in [0.1, 0.15) is 268 Å². The maximum Gasteiger partial charge on any atom is 0.133 e. The zero-order chi connectivity index (χ0) is 65.5. The van der Waals surface area contributed by atoms with Gasteiger partial charge in [0.1, 0.15) is 12.2 Å². The van der Waals surface area contributed by atoms with Crippen LogP contribution in [0.25, 0.3) is 0 Å². The summed E-state index contributed by atoms with van der Waals surface area (Å²) in [7, 11) is 1.97. The summed E-state index contributed by atoms with van der Waals surface area (Å²) in [5, 5.41) is 4.10. The lowest BCUT2D eigenvalue weighted by atomic mass is 9.88. The van der Waals surface area contributed by atoms with E-state index in [2.05, 4.69) is 226 Å². The molecule has 0 aliphatic carbocycles. The van der Waals surface area contributed by atoms with Crippen LogP contribution >= 0.6 is 0 Å². The van der Waals surface area contributed by atoms with Gasteiger partial charge >= 0.3 is 0 Å². The molecular formula is C71H125N11. The topological polar surface area (TPSA) is 134 Å². The van der Waals surface area contributed by atoms with Crippen molar-refractivity contribution in [1.29, 1.82) is 0 Å². The molecule has 0 spiro atoms. The van der Waals surface area contributed by atoms with Crippen molar-refractivity contribution in [3.05, 3.63) is 181 Å². The van der Waals surface area contributed by atoms with Crippen LogP contribution in [0, 0.1) is 0 Å². The standard InChI is InChI=1S/3C9H13N.C8H12N2.C8H14N2.2C8H12N2.6C2H6/c1-9(2,3)8-4-6-10-7-5-8;1-9(2,3)8-5-4-6-10-7-8;1-9(2,3)8-6-4-5-7-10-8;1-8(2,3)7-4-9-6-10-5-7;1-8(2,3)7-5-6-9-10(7)4;1-8(2,3)7-6-9-4-5-10-7;1-8(2,3)7-9-5-4-6-10-7;6*1-2/h3*4-7H,1-3H3;4-6H,1-3H3;5-6H,1-4H3;2*4-6H,1-3H3;6*1-2H3. The Morgan fingerprint density at radius 3 is 0.951 bits per heavy atom. The molecule has 7 aromatic heterocycles. The lowest BCUT2D eigenvalue weighted by Gasteiger charge is -2.17. The molecule has 0 bridgehead atoms. The SMILES string of the molecule is CC.CC.CC.CC.CC.CC.CC(C)(C)c1ccccn1.CC(C)(C)c1cccnc1.CC(C)(C)c1ccncc1.CC(C)(C)c1cnccn1.CC(C)(C)c1cncnc1.CC(C)(C)c1ncccn1.Cn1nccc1C(C)(C)C. The number of rotatable bonds is 0. The van der Waals surface area contributed by atoms with Gasteiger partial charge in [0.15, 0.2) is 0 Å². The molecular weight excluding hydrogens is 1010 g/mol. The van der Waals surface area contributed by atoms with Crippen molar-refractivity contribution >= 4 is 0 Å². The zero-order valence-corrected chi connectivity index (χ0v) is 59.2. The molecule has 0 saturated heterocycles. The highest BCUT2D eigenvalue weighted by Crippen LogP contribution is 2.23. The van der Waals surface area contributed by atoms with Crippen LogP contribution < -0.4 is 0 Å². The van der Waals surface area contributed by atoms with E-state index < -0.39 is 0 Å². The average Bonchev–Trinajstić information content (AvgIpc) is 3.92. The predicted octanol–water partition coefficient (Wildman–Crippen LogP) is 20.3. The molecule has 0 fully saturated rings. The van der Waals surface area contributed by atoms with Crippen molar-refractivity contribution in [2.75, 3.05) is 0 Å². The van der Waals surface area contributed by atoms with Crippen molar-refractivity contribution in [3.8, 4) is 0 Å². The Kier molecular flexibility index (Phi) is 50.4. The second kappa shape index (κ2) is 47.4. The first-order chi connectivity index (χ1) is 38.1. The third kappa shape index (κ3) is 44.5. The average molecular weight is 1130 g/mol. The van der Waals surface area contributed by atoms with Crippen LogP contribution in [0.4, 0.5) is 0 Å². The van der Waals surface area contributed by atoms with E-state index in [1.807, 2.05) is 162 Å². The molecule has 7 aromatic rings. The summed E-state index contributed by atoms with van der Waals surface area (Å²) in [5.41, 5.74) is 8.49. The molecule has 0 saturated carbocycles. The van der Waals surface area contributed by atoms with E-state index in [0.29, 0.717) is 0 Å². The molecule has 464 valence electrons. The van der Waals surface area contributed by atoms with Gasteiger partial charge in [-0.05, 0) is 75.4 Å². The summed E-state index contributed by atoms with van der Waals surface area (Å²) in [6, 6.07) is 18.1. The highest BCUT2D eigenvalue weighted by atomic mass is 15.3. The third-order valence-corrected chi connectivity index (χ3v) is 10.1. The monoisotopic (exact) mass is 1130 g/mol. The summed E-state index contributed by atoms with van der Waals surface area (Å²) in [4.78, 5) is 36.6. The van der Waals surface area contributed by atoms with E-state index in [1.165, 1.54) is 22.4 Å². The van der Waals surface area contributed by atoms with Crippen molar-refractivity contribution in [2.24, 2.45) is 7.05 Å². The molecule has 0 amide bonds. The Morgan fingerprint density at radius 2 is 0.707 bits per heavy atom. The number of hydrogen-bond donors (Lipinski definition) is 0. The molecule has 0 N–H and O–H groups in total. The fourth-order valence-electron chi connectivity index (χ4n) is 5.63. The van der Waals surface area contributed by atoms with Crippen molar-refractivity contribution in [3.63, 3.8) is 0 Å². The largest absolute Gasteiger partial charge is 0.272 e. The fourth-order valence-corrected chi connectivity index (χ4v) is 5.63. The highest BCUT2D eigenvalue weighted by Gasteiger charge is 2.18. The van der Waals surface area contributed by atoms with Crippen molar-refractivity contribution < 1.29 is 0 Å². The number of pyridine rings is 3. The summed E-state index contributed by atoms with van der Waals surface area (Å²) in [6.07, 6.45) is 25.1. The molecule has 0 aromatic carbocycles. The van der Waals surface area contributed by atoms with Gasteiger partial charge in [-0.2, -0.15) is 5.10 Å². The quantitative estimate of drug-likeness (QED) is 0.144. The van der Waals surface area contributed by atoms with Crippen LogP contribution in [-0.4, -0.2) is 54.6 Å². The molecule has 0 aliphatic rings. The van der Waals surface area contributed by atoms with E-state index in [9.17, 15) is 0 Å². The predicted molar refractivity (Wildman–Crippen MR) is 361 cm³/mol. The molecule has 7 rings (SSSR count). The van der Waals surface area contributed by atoms with Gasteiger partial charge in [0.05, 0.1) is 5.69 Å². The van der Waals surface area contributed by atoms with E-state index >= 15 is 0 Å². The third-order valence-electron chi connectivity index (χ3n) is 10.1. The van der Waals surface area contributed by atoms with Crippen LogP contribution in [0.5, 0.6) is 0 Å². The molecule has 11 nitrogen and oxygen atoms in total. The lowest BCUT2D eigenvalue weighted by molar-refractivity contribution is 0.523. The van der Waals surface area contributed by atoms with Crippen LogP contribution in [0.3, 0.4) is 0 Å². The van der Waals surface area contributed by atoms with Crippen LogP contribution in [-0.2, 0) is 45.0 Å². The van der Waals surface area contributed by atoms with Crippen LogP contribution in [0.15, 0.2) is 141 Å². The fraction of sp³-hybridized carbons (Fsp3) is 0.577. The molecule has 11 heteroatoms. The first-order valence-corrected chi connectivity index (χ1v) is 30.2. The molecule has 0 aliphatic heterocycles. The molecule has 0 unspecified atom stereocenters. The second-order valence-electron chi connectivity index (χ2n) is 24.1. The molecule has 0 radical (unpaired) electrons.